The number of hydrogen-bond donors (Lipinski definition) is 1. The Hall–Kier alpha value is -1.71. The van der Waals surface area contributed by atoms with Crippen LogP contribution in [0, 0.1) is 6.92 Å². The van der Waals surface area contributed by atoms with Gasteiger partial charge < -0.3 is 5.32 Å². The fourth-order valence-electron chi connectivity index (χ4n) is 2.03. The topological polar surface area (TPSA) is 59.1 Å². The van der Waals surface area contributed by atoms with E-state index in [1.807, 2.05) is 13.0 Å². The number of carbonyl (C=O) groups is 2. The number of pyridine rings is 1. The lowest BCUT2D eigenvalue weighted by atomic mass is 9.90. The van der Waals surface area contributed by atoms with Crippen molar-refractivity contribution >= 4 is 11.7 Å². The molecule has 2 rings (SSSR count). The Morgan fingerprint density at radius 1 is 1.50 bits per heavy atom. The molecule has 0 fully saturated rings. The van der Waals surface area contributed by atoms with E-state index in [0.29, 0.717) is 18.4 Å². The molecule has 1 aromatic heterocycles. The molecule has 0 radical (unpaired) electrons. The second-order valence-corrected chi connectivity index (χ2v) is 4.24. The number of hydrogen-bond acceptors (Lipinski definition) is 3. The summed E-state index contributed by atoms with van der Waals surface area (Å²) in [6, 6.07) is 1.77. The first-order chi connectivity index (χ1) is 7.56. The number of amides is 1. The van der Waals surface area contributed by atoms with Gasteiger partial charge in [-0.25, -0.2) is 0 Å². The standard InChI is InChI=1S/C12H14N2O2/c1-7-3-10-11(13-6-7)4-9(5-12(10)16)14-8(2)15/h3,6,9H,4-5H2,1-2H3,(H,14,15). The van der Waals surface area contributed by atoms with Gasteiger partial charge in [-0.05, 0) is 18.6 Å². The van der Waals surface area contributed by atoms with Crippen LogP contribution in [0.2, 0.25) is 0 Å². The lowest BCUT2D eigenvalue weighted by Crippen LogP contribution is -2.40. The first-order valence-corrected chi connectivity index (χ1v) is 5.32. The van der Waals surface area contributed by atoms with E-state index in [2.05, 4.69) is 10.3 Å². The molecule has 1 aliphatic rings. The second-order valence-electron chi connectivity index (χ2n) is 4.24. The molecule has 1 atom stereocenters. The molecule has 4 heteroatoms. The Balaban J connectivity index is 2.26. The summed E-state index contributed by atoms with van der Waals surface area (Å²) in [7, 11) is 0. The van der Waals surface area contributed by atoms with E-state index in [-0.39, 0.29) is 17.7 Å². The summed E-state index contributed by atoms with van der Waals surface area (Å²) in [5.74, 6) is -0.0374. The number of fused-ring (bicyclic) bond motifs is 1. The molecule has 0 aromatic carbocycles. The zero-order chi connectivity index (χ0) is 11.7. The minimum Gasteiger partial charge on any atom is -0.353 e. The number of ketones is 1. The van der Waals surface area contributed by atoms with Crippen molar-refractivity contribution in [1.82, 2.24) is 10.3 Å². The molecule has 1 amide bonds. The van der Waals surface area contributed by atoms with Crippen LogP contribution >= 0.6 is 0 Å². The van der Waals surface area contributed by atoms with Gasteiger partial charge in [0.05, 0.1) is 5.69 Å². The van der Waals surface area contributed by atoms with Crippen LogP contribution in [0.3, 0.4) is 0 Å². The molecule has 0 bridgehead atoms. The van der Waals surface area contributed by atoms with Gasteiger partial charge in [0.15, 0.2) is 5.78 Å². The maximum Gasteiger partial charge on any atom is 0.217 e. The van der Waals surface area contributed by atoms with Crippen molar-refractivity contribution in [3.63, 3.8) is 0 Å². The van der Waals surface area contributed by atoms with Gasteiger partial charge in [0.2, 0.25) is 5.91 Å². The normalized spacial score (nSPS) is 19.1. The van der Waals surface area contributed by atoms with E-state index < -0.39 is 0 Å². The first kappa shape index (κ1) is 10.8. The summed E-state index contributed by atoms with van der Waals surface area (Å²) in [6.45, 7) is 3.38. The molecule has 0 spiro atoms. The van der Waals surface area contributed by atoms with Crippen molar-refractivity contribution in [2.75, 3.05) is 0 Å². The van der Waals surface area contributed by atoms with Gasteiger partial charge in [0, 0.05) is 37.6 Å². The Morgan fingerprint density at radius 3 is 2.94 bits per heavy atom. The second kappa shape index (κ2) is 4.04. The Morgan fingerprint density at radius 2 is 2.25 bits per heavy atom. The zero-order valence-corrected chi connectivity index (χ0v) is 9.41. The number of nitrogens with one attached hydrogen (secondary N) is 1. The monoisotopic (exact) mass is 218 g/mol. The fourth-order valence-corrected chi connectivity index (χ4v) is 2.03. The molecule has 0 saturated carbocycles. The van der Waals surface area contributed by atoms with E-state index in [4.69, 9.17) is 0 Å². The molecule has 1 heterocycles. The summed E-state index contributed by atoms with van der Waals surface area (Å²) in [4.78, 5) is 27.0. The lowest BCUT2D eigenvalue weighted by Gasteiger charge is -2.23. The van der Waals surface area contributed by atoms with Crippen LogP contribution in [0.1, 0.15) is 35.0 Å². The van der Waals surface area contributed by atoms with Crippen molar-refractivity contribution in [3.8, 4) is 0 Å². The number of aryl methyl sites for hydroxylation is 1. The number of aromatic nitrogens is 1. The molecular formula is C12H14N2O2. The van der Waals surface area contributed by atoms with Crippen molar-refractivity contribution < 1.29 is 9.59 Å². The third kappa shape index (κ3) is 2.10. The van der Waals surface area contributed by atoms with Crippen molar-refractivity contribution in [1.29, 1.82) is 0 Å². The minimum absolute atomic E-state index is 0.0659. The molecule has 1 unspecified atom stereocenters. The molecule has 0 saturated heterocycles. The van der Waals surface area contributed by atoms with Crippen LogP contribution in [0.15, 0.2) is 12.3 Å². The van der Waals surface area contributed by atoms with Crippen LogP contribution in [-0.2, 0) is 11.2 Å². The maximum absolute atomic E-state index is 11.8. The van der Waals surface area contributed by atoms with E-state index in [1.54, 1.807) is 6.20 Å². The summed E-state index contributed by atoms with van der Waals surface area (Å²) >= 11 is 0. The Labute approximate surface area is 94.1 Å². The minimum atomic E-state index is -0.104. The van der Waals surface area contributed by atoms with Crippen LogP contribution in [0.5, 0.6) is 0 Å². The lowest BCUT2D eigenvalue weighted by molar-refractivity contribution is -0.119. The molecule has 0 aliphatic heterocycles. The SMILES string of the molecule is CC(=O)NC1CC(=O)c2cc(C)cnc2C1. The number of nitrogens with zero attached hydrogens (tertiary/aromatic N) is 1. The average Bonchev–Trinajstić information content (AvgIpc) is 2.18. The first-order valence-electron chi connectivity index (χ1n) is 5.32. The van der Waals surface area contributed by atoms with Crippen molar-refractivity contribution in [2.45, 2.75) is 32.7 Å². The third-order valence-electron chi connectivity index (χ3n) is 2.69. The summed E-state index contributed by atoms with van der Waals surface area (Å²) < 4.78 is 0. The van der Waals surface area contributed by atoms with Crippen LogP contribution < -0.4 is 5.32 Å². The van der Waals surface area contributed by atoms with Gasteiger partial charge in [-0.3, -0.25) is 14.6 Å². The van der Waals surface area contributed by atoms with Crippen LogP contribution in [0.4, 0.5) is 0 Å². The van der Waals surface area contributed by atoms with Crippen LogP contribution in [0.25, 0.3) is 0 Å². The van der Waals surface area contributed by atoms with Crippen LogP contribution in [-0.4, -0.2) is 22.7 Å². The predicted molar refractivity (Wildman–Crippen MR) is 59.2 cm³/mol. The molecule has 4 nitrogen and oxygen atoms in total. The Kier molecular flexibility index (Phi) is 2.73. The highest BCUT2D eigenvalue weighted by Gasteiger charge is 2.26. The highest BCUT2D eigenvalue weighted by atomic mass is 16.1. The summed E-state index contributed by atoms with van der Waals surface area (Å²) in [5, 5.41) is 2.77. The van der Waals surface area contributed by atoms with Crippen molar-refractivity contribution in [2.24, 2.45) is 0 Å². The van der Waals surface area contributed by atoms with Gasteiger partial charge in [0.25, 0.3) is 0 Å². The predicted octanol–water partition coefficient (Wildman–Crippen LogP) is 1.02. The molecule has 1 aromatic rings. The van der Waals surface area contributed by atoms with E-state index in [1.165, 1.54) is 6.92 Å². The van der Waals surface area contributed by atoms with Gasteiger partial charge in [-0.1, -0.05) is 0 Å². The number of rotatable bonds is 1. The number of carbonyl (C=O) groups excluding carboxylic acids is 2. The molecule has 1 aliphatic carbocycles. The highest BCUT2D eigenvalue weighted by molar-refractivity contribution is 5.99. The van der Waals surface area contributed by atoms with Gasteiger partial charge >= 0.3 is 0 Å². The molecule has 84 valence electrons. The molecule has 1 N–H and O–H groups in total. The Bertz CT molecular complexity index is 454. The third-order valence-corrected chi connectivity index (χ3v) is 2.69. The molecular weight excluding hydrogens is 204 g/mol. The highest BCUT2D eigenvalue weighted by Crippen LogP contribution is 2.20. The summed E-state index contributed by atoms with van der Waals surface area (Å²) in [6.07, 6.45) is 2.76. The largest absolute Gasteiger partial charge is 0.353 e. The number of Topliss-reactive ketones (excluding diaryl/α,β-unsaturated/α-hetero) is 1. The fraction of sp³-hybridized carbons (Fsp3) is 0.417. The van der Waals surface area contributed by atoms with E-state index in [9.17, 15) is 9.59 Å². The summed E-state index contributed by atoms with van der Waals surface area (Å²) in [5.41, 5.74) is 2.49. The maximum atomic E-state index is 11.8. The smallest absolute Gasteiger partial charge is 0.217 e. The molecule has 16 heavy (non-hydrogen) atoms. The quantitative estimate of drug-likeness (QED) is 0.765. The van der Waals surface area contributed by atoms with E-state index >= 15 is 0 Å². The van der Waals surface area contributed by atoms with Gasteiger partial charge in [0.1, 0.15) is 0 Å². The average molecular weight is 218 g/mol. The van der Waals surface area contributed by atoms with Gasteiger partial charge in [-0.15, -0.1) is 0 Å². The zero-order valence-electron chi connectivity index (χ0n) is 9.41. The van der Waals surface area contributed by atoms with Crippen molar-refractivity contribution in [3.05, 3.63) is 29.1 Å². The van der Waals surface area contributed by atoms with Gasteiger partial charge in [-0.2, -0.15) is 0 Å². The van der Waals surface area contributed by atoms with E-state index in [0.717, 1.165) is 11.3 Å².